The van der Waals surface area contributed by atoms with Gasteiger partial charge < -0.3 is 4.74 Å². The number of halogens is 7. The van der Waals surface area contributed by atoms with E-state index in [0.717, 1.165) is 0 Å². The van der Waals surface area contributed by atoms with Crippen molar-refractivity contribution in [3.63, 3.8) is 0 Å². The molecule has 0 heterocycles. The lowest BCUT2D eigenvalue weighted by molar-refractivity contribution is -0.250. The van der Waals surface area contributed by atoms with Gasteiger partial charge in [0, 0.05) is 4.47 Å². The Bertz CT molecular complexity index is 388. The van der Waals surface area contributed by atoms with Crippen molar-refractivity contribution in [2.45, 2.75) is 18.3 Å². The van der Waals surface area contributed by atoms with Gasteiger partial charge in [-0.2, -0.15) is 22.0 Å². The third-order valence-corrected chi connectivity index (χ3v) is 2.43. The number of hydrogen-bond donors (Lipinski definition) is 0. The minimum absolute atomic E-state index is 0.0766. The van der Waals surface area contributed by atoms with Gasteiger partial charge in [0.05, 0.1) is 0 Å². The third kappa shape index (κ3) is 4.08. The minimum Gasteiger partial charge on any atom is -0.487 e. The summed E-state index contributed by atoms with van der Waals surface area (Å²) >= 11 is 3.07. The van der Waals surface area contributed by atoms with Gasteiger partial charge in [-0.3, -0.25) is 0 Å². The fourth-order valence-electron chi connectivity index (χ4n) is 1.02. The molecule has 0 radical (unpaired) electrons. The first-order valence-electron chi connectivity index (χ1n) is 4.60. The van der Waals surface area contributed by atoms with E-state index in [1.54, 1.807) is 0 Å². The average Bonchev–Trinajstić information content (AvgIpc) is 2.26. The van der Waals surface area contributed by atoms with E-state index in [2.05, 4.69) is 20.7 Å². The molecule has 1 rings (SSSR count). The summed E-state index contributed by atoms with van der Waals surface area (Å²) in [6.07, 6.45) is -9.87. The molecule has 18 heavy (non-hydrogen) atoms. The highest BCUT2D eigenvalue weighted by atomic mass is 79.9. The van der Waals surface area contributed by atoms with Gasteiger partial charge in [0.25, 0.3) is 6.17 Å². The maximum atomic E-state index is 12.8. The van der Waals surface area contributed by atoms with E-state index in [4.69, 9.17) is 0 Å². The van der Waals surface area contributed by atoms with E-state index in [-0.39, 0.29) is 5.75 Å². The van der Waals surface area contributed by atoms with E-state index in [9.17, 15) is 26.3 Å². The Kier molecular flexibility index (Phi) is 4.52. The first kappa shape index (κ1) is 15.1. The molecule has 102 valence electrons. The predicted molar refractivity (Wildman–Crippen MR) is 55.5 cm³/mol. The molecule has 0 aliphatic heterocycles. The van der Waals surface area contributed by atoms with E-state index in [1.165, 1.54) is 24.3 Å². The molecular weight excluding hydrogens is 330 g/mol. The van der Waals surface area contributed by atoms with Gasteiger partial charge in [0.2, 0.25) is 0 Å². The first-order chi connectivity index (χ1) is 8.13. The van der Waals surface area contributed by atoms with Crippen LogP contribution in [0, 0.1) is 0 Å². The van der Waals surface area contributed by atoms with Crippen LogP contribution in [0.15, 0.2) is 28.7 Å². The van der Waals surface area contributed by atoms with Crippen LogP contribution in [0.2, 0.25) is 0 Å². The predicted octanol–water partition coefficient (Wildman–Crippen LogP) is 4.36. The van der Waals surface area contributed by atoms with Crippen LogP contribution < -0.4 is 4.74 Å². The highest BCUT2D eigenvalue weighted by molar-refractivity contribution is 9.10. The van der Waals surface area contributed by atoms with Crippen molar-refractivity contribution in [1.29, 1.82) is 0 Å². The second-order valence-electron chi connectivity index (χ2n) is 3.41. The quantitative estimate of drug-likeness (QED) is 0.742. The normalized spacial score (nSPS) is 14.4. The SMILES string of the molecule is FC(C(F)(F)F)C(F)(F)COc1ccc(Br)cc1. The molecule has 0 fully saturated rings. The molecule has 0 saturated carbocycles. The second kappa shape index (κ2) is 5.38. The Hall–Kier alpha value is -0.920. The number of benzene rings is 1. The lowest BCUT2D eigenvalue weighted by Gasteiger charge is -2.22. The Morgan fingerprint density at radius 3 is 2.00 bits per heavy atom. The molecule has 1 aromatic carbocycles. The average molecular weight is 337 g/mol. The van der Waals surface area contributed by atoms with Crippen LogP contribution in [-0.4, -0.2) is 24.9 Å². The second-order valence-corrected chi connectivity index (χ2v) is 4.32. The Morgan fingerprint density at radius 1 is 1.06 bits per heavy atom. The van der Waals surface area contributed by atoms with E-state index in [1.807, 2.05) is 0 Å². The van der Waals surface area contributed by atoms with E-state index >= 15 is 0 Å². The van der Waals surface area contributed by atoms with Crippen molar-refractivity contribution in [3.8, 4) is 5.75 Å². The minimum atomic E-state index is -5.62. The summed E-state index contributed by atoms with van der Waals surface area (Å²) in [7, 11) is 0. The van der Waals surface area contributed by atoms with Gasteiger partial charge in [-0.15, -0.1) is 0 Å². The zero-order valence-corrected chi connectivity index (χ0v) is 10.2. The van der Waals surface area contributed by atoms with E-state index in [0.29, 0.717) is 4.47 Å². The monoisotopic (exact) mass is 336 g/mol. The van der Waals surface area contributed by atoms with Gasteiger partial charge in [-0.1, -0.05) is 15.9 Å². The molecular formula is C10H7BrF6O. The molecule has 8 heteroatoms. The van der Waals surface area contributed by atoms with Gasteiger partial charge in [-0.25, -0.2) is 4.39 Å². The topological polar surface area (TPSA) is 9.23 Å². The number of ether oxygens (including phenoxy) is 1. The smallest absolute Gasteiger partial charge is 0.425 e. The fraction of sp³-hybridized carbons (Fsp3) is 0.400. The van der Waals surface area contributed by atoms with Gasteiger partial charge in [0.1, 0.15) is 5.75 Å². The number of rotatable bonds is 4. The standard InChI is InChI=1S/C10H7BrF6O/c11-6-1-3-7(4-2-6)18-5-9(13,14)8(12)10(15,16)17/h1-4,8H,5H2. The van der Waals surface area contributed by atoms with Crippen molar-refractivity contribution >= 4 is 15.9 Å². The molecule has 1 atom stereocenters. The van der Waals surface area contributed by atoms with Crippen LogP contribution in [-0.2, 0) is 0 Å². The number of alkyl halides is 6. The van der Waals surface area contributed by atoms with Crippen LogP contribution in [0.25, 0.3) is 0 Å². The number of hydrogen-bond acceptors (Lipinski definition) is 1. The summed E-state index contributed by atoms with van der Waals surface area (Å²) in [5.41, 5.74) is 0. The summed E-state index contributed by atoms with van der Waals surface area (Å²) in [6.45, 7) is -1.69. The molecule has 1 unspecified atom stereocenters. The molecule has 0 amide bonds. The first-order valence-corrected chi connectivity index (χ1v) is 5.39. The highest BCUT2D eigenvalue weighted by Crippen LogP contribution is 2.35. The van der Waals surface area contributed by atoms with E-state index < -0.39 is 24.9 Å². The van der Waals surface area contributed by atoms with Crippen LogP contribution in [0.1, 0.15) is 0 Å². The Morgan fingerprint density at radius 2 is 1.56 bits per heavy atom. The largest absolute Gasteiger partial charge is 0.487 e. The van der Waals surface area contributed by atoms with Crippen molar-refractivity contribution in [3.05, 3.63) is 28.7 Å². The molecule has 0 N–H and O–H groups in total. The highest BCUT2D eigenvalue weighted by Gasteiger charge is 2.57. The fourth-order valence-corrected chi connectivity index (χ4v) is 1.29. The lowest BCUT2D eigenvalue weighted by atomic mass is 10.2. The van der Waals surface area contributed by atoms with Gasteiger partial charge >= 0.3 is 12.1 Å². The molecule has 0 aromatic heterocycles. The molecule has 1 nitrogen and oxygen atoms in total. The summed E-state index contributed by atoms with van der Waals surface area (Å²) in [5.74, 6) is -4.71. The maximum Gasteiger partial charge on any atom is 0.425 e. The summed E-state index contributed by atoms with van der Waals surface area (Å²) in [4.78, 5) is 0. The summed E-state index contributed by atoms with van der Waals surface area (Å²) in [6, 6.07) is 5.43. The molecule has 0 aliphatic carbocycles. The summed E-state index contributed by atoms with van der Waals surface area (Å²) < 4.78 is 78.7. The zero-order valence-electron chi connectivity index (χ0n) is 8.65. The van der Waals surface area contributed by atoms with Crippen LogP contribution in [0.4, 0.5) is 26.3 Å². The van der Waals surface area contributed by atoms with Crippen LogP contribution in [0.3, 0.4) is 0 Å². The molecule has 0 saturated heterocycles. The molecule has 0 spiro atoms. The summed E-state index contributed by atoms with van der Waals surface area (Å²) in [5, 5.41) is 0. The third-order valence-electron chi connectivity index (χ3n) is 1.90. The van der Waals surface area contributed by atoms with Crippen molar-refractivity contribution < 1.29 is 31.1 Å². The molecule has 0 aliphatic rings. The lowest BCUT2D eigenvalue weighted by Crippen LogP contribution is -2.45. The van der Waals surface area contributed by atoms with Gasteiger partial charge in [-0.05, 0) is 24.3 Å². The van der Waals surface area contributed by atoms with Crippen molar-refractivity contribution in [1.82, 2.24) is 0 Å². The van der Waals surface area contributed by atoms with Crippen molar-refractivity contribution in [2.75, 3.05) is 6.61 Å². The zero-order chi connectivity index (χ0) is 14.0. The van der Waals surface area contributed by atoms with Crippen LogP contribution >= 0.6 is 15.9 Å². The Labute approximate surface area is 107 Å². The van der Waals surface area contributed by atoms with Gasteiger partial charge in [0.15, 0.2) is 6.61 Å². The van der Waals surface area contributed by atoms with Crippen molar-refractivity contribution in [2.24, 2.45) is 0 Å². The Balaban J connectivity index is 2.64. The maximum absolute atomic E-state index is 12.8. The van der Waals surface area contributed by atoms with Crippen LogP contribution in [0.5, 0.6) is 5.75 Å². The molecule has 1 aromatic rings. The molecule has 0 bridgehead atoms.